The highest BCUT2D eigenvalue weighted by Crippen LogP contribution is 2.29. The lowest BCUT2D eigenvalue weighted by Crippen LogP contribution is -2.42. The standard InChI is InChI=1S/C20H31N/c1-3-8-18(9-4-1)10-7-11-19-14-16-21(17-15-19)20-12-5-2-6-13-20/h1,3-4,8-9,19-20H,2,5-7,10-17H2. The molecule has 0 aromatic heterocycles. The highest BCUT2D eigenvalue weighted by molar-refractivity contribution is 5.14. The summed E-state index contributed by atoms with van der Waals surface area (Å²) in [7, 11) is 0. The van der Waals surface area contributed by atoms with Crippen LogP contribution < -0.4 is 0 Å². The van der Waals surface area contributed by atoms with Gasteiger partial charge in [0, 0.05) is 6.04 Å². The molecule has 1 aliphatic heterocycles. The first-order chi connectivity index (χ1) is 10.4. The average molecular weight is 285 g/mol. The van der Waals surface area contributed by atoms with Crippen LogP contribution in [0.1, 0.15) is 63.4 Å². The van der Waals surface area contributed by atoms with Crippen molar-refractivity contribution in [1.29, 1.82) is 0 Å². The van der Waals surface area contributed by atoms with Crippen LogP contribution in [-0.2, 0) is 6.42 Å². The summed E-state index contributed by atoms with van der Waals surface area (Å²) in [5, 5.41) is 0. The van der Waals surface area contributed by atoms with Gasteiger partial charge in [-0.05, 0) is 63.1 Å². The highest BCUT2D eigenvalue weighted by Gasteiger charge is 2.25. The lowest BCUT2D eigenvalue weighted by Gasteiger charge is -2.39. The van der Waals surface area contributed by atoms with Crippen molar-refractivity contribution in [2.24, 2.45) is 5.92 Å². The van der Waals surface area contributed by atoms with Gasteiger partial charge in [0.15, 0.2) is 0 Å². The molecule has 1 heterocycles. The predicted octanol–water partition coefficient (Wildman–Crippen LogP) is 5.05. The monoisotopic (exact) mass is 285 g/mol. The Morgan fingerprint density at radius 3 is 2.29 bits per heavy atom. The van der Waals surface area contributed by atoms with E-state index in [9.17, 15) is 0 Å². The van der Waals surface area contributed by atoms with Crippen molar-refractivity contribution in [1.82, 2.24) is 4.90 Å². The summed E-state index contributed by atoms with van der Waals surface area (Å²) in [4.78, 5) is 2.81. The fourth-order valence-corrected chi connectivity index (χ4v) is 4.29. The zero-order valence-corrected chi connectivity index (χ0v) is 13.5. The van der Waals surface area contributed by atoms with Crippen molar-refractivity contribution in [2.45, 2.75) is 70.3 Å². The van der Waals surface area contributed by atoms with E-state index in [2.05, 4.69) is 35.2 Å². The second-order valence-electron chi connectivity index (χ2n) is 7.15. The van der Waals surface area contributed by atoms with Crippen LogP contribution in [-0.4, -0.2) is 24.0 Å². The Morgan fingerprint density at radius 2 is 1.57 bits per heavy atom. The van der Waals surface area contributed by atoms with Crippen LogP contribution in [0.2, 0.25) is 0 Å². The van der Waals surface area contributed by atoms with Gasteiger partial charge in [-0.15, -0.1) is 0 Å². The van der Waals surface area contributed by atoms with Crippen LogP contribution in [0.4, 0.5) is 0 Å². The van der Waals surface area contributed by atoms with Crippen molar-refractivity contribution in [3.63, 3.8) is 0 Å². The van der Waals surface area contributed by atoms with Crippen molar-refractivity contribution < 1.29 is 0 Å². The molecule has 0 N–H and O–H groups in total. The Hall–Kier alpha value is -0.820. The van der Waals surface area contributed by atoms with Crippen LogP contribution in [0.25, 0.3) is 0 Å². The SMILES string of the molecule is c1ccc(CCCC2CCN(C3CCCCC3)CC2)cc1. The summed E-state index contributed by atoms with van der Waals surface area (Å²) in [5.41, 5.74) is 1.51. The van der Waals surface area contributed by atoms with Gasteiger partial charge < -0.3 is 4.90 Å². The molecule has 0 bridgehead atoms. The van der Waals surface area contributed by atoms with E-state index in [1.165, 1.54) is 82.9 Å². The second-order valence-corrected chi connectivity index (χ2v) is 7.15. The molecule has 1 aliphatic carbocycles. The van der Waals surface area contributed by atoms with E-state index in [-0.39, 0.29) is 0 Å². The fraction of sp³-hybridized carbons (Fsp3) is 0.700. The third-order valence-corrected chi connectivity index (χ3v) is 5.66. The lowest BCUT2D eigenvalue weighted by atomic mass is 9.87. The molecule has 1 saturated heterocycles. The molecule has 1 saturated carbocycles. The number of piperidine rings is 1. The quantitative estimate of drug-likeness (QED) is 0.731. The van der Waals surface area contributed by atoms with Crippen molar-refractivity contribution >= 4 is 0 Å². The molecule has 0 spiro atoms. The summed E-state index contributed by atoms with van der Waals surface area (Å²) in [6, 6.07) is 11.9. The first-order valence-corrected chi connectivity index (χ1v) is 9.20. The molecule has 0 amide bonds. The van der Waals surface area contributed by atoms with Gasteiger partial charge in [0.05, 0.1) is 0 Å². The smallest absolute Gasteiger partial charge is 0.00952 e. The zero-order valence-electron chi connectivity index (χ0n) is 13.5. The van der Waals surface area contributed by atoms with E-state index in [4.69, 9.17) is 0 Å². The van der Waals surface area contributed by atoms with Gasteiger partial charge in [0.25, 0.3) is 0 Å². The number of likely N-dealkylation sites (tertiary alicyclic amines) is 1. The number of benzene rings is 1. The van der Waals surface area contributed by atoms with E-state index >= 15 is 0 Å². The number of aryl methyl sites for hydroxylation is 1. The largest absolute Gasteiger partial charge is 0.300 e. The summed E-state index contributed by atoms with van der Waals surface area (Å²) in [5.74, 6) is 0.994. The van der Waals surface area contributed by atoms with Gasteiger partial charge in [-0.1, -0.05) is 56.0 Å². The first kappa shape index (κ1) is 15.1. The van der Waals surface area contributed by atoms with Crippen molar-refractivity contribution in [2.75, 3.05) is 13.1 Å². The average Bonchev–Trinajstić information content (AvgIpc) is 2.57. The molecule has 0 radical (unpaired) electrons. The van der Waals surface area contributed by atoms with E-state index in [1.807, 2.05) is 0 Å². The molecule has 2 aliphatic rings. The minimum absolute atomic E-state index is 0.934. The lowest BCUT2D eigenvalue weighted by molar-refractivity contribution is 0.104. The molecule has 21 heavy (non-hydrogen) atoms. The minimum Gasteiger partial charge on any atom is -0.300 e. The Balaban J connectivity index is 1.34. The van der Waals surface area contributed by atoms with Gasteiger partial charge in [-0.3, -0.25) is 0 Å². The van der Waals surface area contributed by atoms with E-state index in [0.29, 0.717) is 0 Å². The number of hydrogen-bond acceptors (Lipinski definition) is 1. The van der Waals surface area contributed by atoms with E-state index in [0.717, 1.165) is 12.0 Å². The third-order valence-electron chi connectivity index (χ3n) is 5.66. The molecule has 116 valence electrons. The molecule has 1 nitrogen and oxygen atoms in total. The summed E-state index contributed by atoms with van der Waals surface area (Å²) >= 11 is 0. The van der Waals surface area contributed by atoms with Crippen molar-refractivity contribution in [3.05, 3.63) is 35.9 Å². The summed E-state index contributed by atoms with van der Waals surface area (Å²) in [6.45, 7) is 2.75. The molecule has 1 aromatic rings. The molecule has 1 heteroatoms. The maximum atomic E-state index is 2.81. The van der Waals surface area contributed by atoms with Gasteiger partial charge in [0.2, 0.25) is 0 Å². The van der Waals surface area contributed by atoms with E-state index in [1.54, 1.807) is 0 Å². The van der Waals surface area contributed by atoms with Gasteiger partial charge in [-0.2, -0.15) is 0 Å². The van der Waals surface area contributed by atoms with Crippen LogP contribution in [0, 0.1) is 5.92 Å². The van der Waals surface area contributed by atoms with Crippen LogP contribution >= 0.6 is 0 Å². The normalized spacial score (nSPS) is 22.5. The molecule has 3 rings (SSSR count). The molecular formula is C20H31N. The fourth-order valence-electron chi connectivity index (χ4n) is 4.29. The van der Waals surface area contributed by atoms with Crippen LogP contribution in [0.5, 0.6) is 0 Å². The maximum absolute atomic E-state index is 2.81. The number of nitrogens with zero attached hydrogens (tertiary/aromatic N) is 1. The molecule has 2 fully saturated rings. The van der Waals surface area contributed by atoms with Crippen molar-refractivity contribution in [3.8, 4) is 0 Å². The highest BCUT2D eigenvalue weighted by atomic mass is 15.2. The molecular weight excluding hydrogens is 254 g/mol. The van der Waals surface area contributed by atoms with Gasteiger partial charge in [-0.25, -0.2) is 0 Å². The number of hydrogen-bond donors (Lipinski definition) is 0. The third kappa shape index (κ3) is 4.57. The van der Waals surface area contributed by atoms with Gasteiger partial charge >= 0.3 is 0 Å². The predicted molar refractivity (Wildman–Crippen MR) is 90.6 cm³/mol. The van der Waals surface area contributed by atoms with Crippen LogP contribution in [0.3, 0.4) is 0 Å². The van der Waals surface area contributed by atoms with E-state index < -0.39 is 0 Å². The molecule has 0 atom stereocenters. The summed E-state index contributed by atoms with van der Waals surface area (Å²) in [6.07, 6.45) is 14.3. The number of rotatable bonds is 5. The topological polar surface area (TPSA) is 3.24 Å². The molecule has 1 aromatic carbocycles. The minimum atomic E-state index is 0.934. The Morgan fingerprint density at radius 1 is 0.857 bits per heavy atom. The van der Waals surface area contributed by atoms with Gasteiger partial charge in [0.1, 0.15) is 0 Å². The Kier molecular flexibility index (Phi) is 5.74. The first-order valence-electron chi connectivity index (χ1n) is 9.20. The zero-order chi connectivity index (χ0) is 14.3. The van der Waals surface area contributed by atoms with Crippen LogP contribution in [0.15, 0.2) is 30.3 Å². The molecule has 0 unspecified atom stereocenters. The maximum Gasteiger partial charge on any atom is 0.00952 e. The Labute approximate surface area is 130 Å². The summed E-state index contributed by atoms with van der Waals surface area (Å²) < 4.78 is 0. The Bertz CT molecular complexity index is 386. The second kappa shape index (κ2) is 7.98.